The molecule has 0 bridgehead atoms. The molecule has 146 valence electrons. The Kier molecular flexibility index (Phi) is 3.96. The number of hydrogen-bond acceptors (Lipinski definition) is 2. The van der Waals surface area contributed by atoms with Crippen molar-refractivity contribution in [1.29, 1.82) is 0 Å². The van der Waals surface area contributed by atoms with Crippen molar-refractivity contribution in [3.63, 3.8) is 0 Å². The highest BCUT2D eigenvalue weighted by Crippen LogP contribution is 2.38. The fourth-order valence-corrected chi connectivity index (χ4v) is 4.31. The smallest absolute Gasteiger partial charge is 0.399 e. The molecule has 5 rings (SSSR count). The molecule has 1 saturated heterocycles. The molecule has 0 N–H and O–H groups in total. The van der Waals surface area contributed by atoms with Gasteiger partial charge in [0.25, 0.3) is 0 Å². The van der Waals surface area contributed by atoms with E-state index in [-0.39, 0.29) is 11.2 Å². The zero-order valence-electron chi connectivity index (χ0n) is 17.7. The van der Waals surface area contributed by atoms with Gasteiger partial charge in [0.15, 0.2) is 0 Å². The quantitative estimate of drug-likeness (QED) is 0.433. The second kappa shape index (κ2) is 6.22. The monoisotopic (exact) mass is 383 g/mol. The zero-order valence-corrected chi connectivity index (χ0v) is 17.7. The van der Waals surface area contributed by atoms with Crippen LogP contribution in [-0.4, -0.2) is 22.9 Å². The van der Waals surface area contributed by atoms with Gasteiger partial charge in [-0.1, -0.05) is 54.6 Å². The molecule has 3 aromatic carbocycles. The Morgan fingerprint density at radius 3 is 1.76 bits per heavy atom. The first-order valence-electron chi connectivity index (χ1n) is 10.2. The van der Waals surface area contributed by atoms with Gasteiger partial charge in [0, 0.05) is 21.9 Å². The van der Waals surface area contributed by atoms with Gasteiger partial charge in [-0.05, 0) is 52.3 Å². The maximum absolute atomic E-state index is 6.43. The van der Waals surface area contributed by atoms with Crippen LogP contribution in [0.5, 0.6) is 0 Å². The number of nitrogens with zero attached hydrogens (tertiary/aromatic N) is 1. The average molecular weight is 383 g/mol. The zero-order chi connectivity index (χ0) is 20.4. The molecule has 0 aliphatic carbocycles. The predicted octanol–water partition coefficient (Wildman–Crippen LogP) is 5.39. The molecule has 1 fully saturated rings. The molecule has 0 atom stereocenters. The van der Waals surface area contributed by atoms with Crippen LogP contribution in [0.2, 0.25) is 0 Å². The van der Waals surface area contributed by atoms with Crippen molar-refractivity contribution in [3.05, 3.63) is 72.3 Å². The molecule has 2 heterocycles. The molecule has 3 nitrogen and oxygen atoms in total. The van der Waals surface area contributed by atoms with E-state index in [0.717, 1.165) is 11.2 Å². The van der Waals surface area contributed by atoms with Crippen LogP contribution in [0.15, 0.2) is 66.7 Å². The third-order valence-corrected chi connectivity index (χ3v) is 6.58. The lowest BCUT2D eigenvalue weighted by molar-refractivity contribution is 0.00578. The molecule has 0 spiro atoms. The number of rotatable bonds is 2. The summed E-state index contributed by atoms with van der Waals surface area (Å²) < 4.78 is 15.2. The van der Waals surface area contributed by atoms with Gasteiger partial charge in [-0.15, -0.1) is 0 Å². The van der Waals surface area contributed by atoms with Crippen molar-refractivity contribution < 1.29 is 9.31 Å². The van der Waals surface area contributed by atoms with Crippen molar-refractivity contribution in [2.45, 2.75) is 45.8 Å². The number of aromatic nitrogens is 1. The number of para-hydroxylation sites is 3. The fraction of sp³-hybridized carbons (Fsp3) is 0.280. The van der Waals surface area contributed by atoms with E-state index in [1.165, 1.54) is 27.4 Å². The van der Waals surface area contributed by atoms with Crippen LogP contribution in [-0.2, 0) is 9.31 Å². The maximum Gasteiger partial charge on any atom is 0.497 e. The van der Waals surface area contributed by atoms with Gasteiger partial charge >= 0.3 is 7.12 Å². The van der Waals surface area contributed by atoms with Gasteiger partial charge in [0.05, 0.1) is 22.2 Å². The van der Waals surface area contributed by atoms with E-state index in [0.29, 0.717) is 0 Å². The Hall–Kier alpha value is -2.56. The Labute approximate surface area is 172 Å². The minimum Gasteiger partial charge on any atom is -0.399 e. The molecule has 0 unspecified atom stereocenters. The van der Waals surface area contributed by atoms with Crippen LogP contribution in [0.25, 0.3) is 27.5 Å². The van der Waals surface area contributed by atoms with Crippen LogP contribution in [0.4, 0.5) is 0 Å². The third-order valence-electron chi connectivity index (χ3n) is 6.58. The lowest BCUT2D eigenvalue weighted by atomic mass is 9.76. The van der Waals surface area contributed by atoms with Crippen LogP contribution in [0.3, 0.4) is 0 Å². The minimum atomic E-state index is -0.408. The van der Waals surface area contributed by atoms with Gasteiger partial charge in [-0.25, -0.2) is 0 Å². The van der Waals surface area contributed by atoms with Crippen LogP contribution in [0.1, 0.15) is 33.3 Å². The van der Waals surface area contributed by atoms with Gasteiger partial charge < -0.3 is 13.9 Å². The molecular formula is C25H26BNO2. The van der Waals surface area contributed by atoms with Gasteiger partial charge in [-0.3, -0.25) is 0 Å². The second-order valence-electron chi connectivity index (χ2n) is 8.97. The summed E-state index contributed by atoms with van der Waals surface area (Å²) >= 11 is 0. The van der Waals surface area contributed by atoms with Gasteiger partial charge in [0.2, 0.25) is 0 Å². The molecule has 0 saturated carbocycles. The summed E-state index contributed by atoms with van der Waals surface area (Å²) in [6.07, 6.45) is 0. The molecule has 1 aliphatic rings. The lowest BCUT2D eigenvalue weighted by Gasteiger charge is -2.32. The Balaban J connectivity index is 1.81. The second-order valence-corrected chi connectivity index (χ2v) is 8.97. The number of fused-ring (bicyclic) bond motifs is 3. The van der Waals surface area contributed by atoms with Gasteiger partial charge in [-0.2, -0.15) is 0 Å². The van der Waals surface area contributed by atoms with Gasteiger partial charge in [0.1, 0.15) is 0 Å². The maximum atomic E-state index is 6.43. The summed E-state index contributed by atoms with van der Waals surface area (Å²) in [5.41, 5.74) is 5.04. The van der Waals surface area contributed by atoms with E-state index in [4.69, 9.17) is 9.31 Å². The van der Waals surface area contributed by atoms with Crippen LogP contribution >= 0.6 is 0 Å². The van der Waals surface area contributed by atoms with E-state index in [1.54, 1.807) is 0 Å². The first-order chi connectivity index (χ1) is 13.8. The number of benzene rings is 3. The predicted molar refractivity (Wildman–Crippen MR) is 121 cm³/mol. The summed E-state index contributed by atoms with van der Waals surface area (Å²) in [6, 6.07) is 23.6. The lowest BCUT2D eigenvalue weighted by Crippen LogP contribution is -2.41. The molecular weight excluding hydrogens is 357 g/mol. The Morgan fingerprint density at radius 2 is 1.21 bits per heavy atom. The average Bonchev–Trinajstić information content (AvgIpc) is 3.12. The Bertz CT molecular complexity index is 1170. The minimum absolute atomic E-state index is 0.375. The molecule has 0 radical (unpaired) electrons. The SMILES string of the molecule is Cc1cccc(B2OC(C)(C)C(C)(C)O2)c1-n1c2ccccc2c2ccccc21. The molecule has 4 aromatic rings. The highest BCUT2D eigenvalue weighted by molar-refractivity contribution is 6.63. The van der Waals surface area contributed by atoms with E-state index < -0.39 is 7.12 Å². The summed E-state index contributed by atoms with van der Waals surface area (Å²) in [5, 5.41) is 2.51. The molecule has 4 heteroatoms. The van der Waals surface area contributed by atoms with Crippen molar-refractivity contribution >= 4 is 34.4 Å². The standard InChI is InChI=1S/C25H26BNO2/c1-17-11-10-14-20(26-28-24(2,3)25(4,5)29-26)23(17)27-21-15-8-6-12-18(21)19-13-7-9-16-22(19)27/h6-16H,1-5H3. The largest absolute Gasteiger partial charge is 0.497 e. The topological polar surface area (TPSA) is 23.4 Å². The summed E-state index contributed by atoms with van der Waals surface area (Å²) in [4.78, 5) is 0. The molecule has 0 amide bonds. The van der Waals surface area contributed by atoms with E-state index in [9.17, 15) is 0 Å². The molecule has 1 aromatic heterocycles. The highest BCUT2D eigenvalue weighted by atomic mass is 16.7. The first-order valence-corrected chi connectivity index (χ1v) is 10.2. The van der Waals surface area contributed by atoms with E-state index >= 15 is 0 Å². The van der Waals surface area contributed by atoms with E-state index in [2.05, 4.69) is 106 Å². The highest BCUT2D eigenvalue weighted by Gasteiger charge is 2.52. The van der Waals surface area contributed by atoms with Crippen LogP contribution in [0, 0.1) is 6.92 Å². The fourth-order valence-electron chi connectivity index (χ4n) is 4.31. The number of hydrogen-bond donors (Lipinski definition) is 0. The summed E-state index contributed by atoms with van der Waals surface area (Å²) in [7, 11) is -0.408. The van der Waals surface area contributed by atoms with Crippen LogP contribution < -0.4 is 5.46 Å². The molecule has 1 aliphatic heterocycles. The summed E-state index contributed by atoms with van der Waals surface area (Å²) in [6.45, 7) is 10.6. The third kappa shape index (κ3) is 2.66. The normalized spacial score (nSPS) is 18.0. The van der Waals surface area contributed by atoms with Crippen molar-refractivity contribution in [2.75, 3.05) is 0 Å². The Morgan fingerprint density at radius 1 is 0.690 bits per heavy atom. The molecule has 29 heavy (non-hydrogen) atoms. The first kappa shape index (κ1) is 18.5. The number of aryl methyl sites for hydroxylation is 1. The summed E-state index contributed by atoms with van der Waals surface area (Å²) in [5.74, 6) is 0. The van der Waals surface area contributed by atoms with Crippen molar-refractivity contribution in [2.24, 2.45) is 0 Å². The van der Waals surface area contributed by atoms with Crippen molar-refractivity contribution in [1.82, 2.24) is 4.57 Å². The van der Waals surface area contributed by atoms with E-state index in [1.807, 2.05) is 0 Å². The van der Waals surface area contributed by atoms with Crippen molar-refractivity contribution in [3.8, 4) is 5.69 Å².